The van der Waals surface area contributed by atoms with E-state index in [0.29, 0.717) is 19.5 Å². The van der Waals surface area contributed by atoms with Crippen LogP contribution in [0.15, 0.2) is 91.0 Å². The van der Waals surface area contributed by atoms with Crippen LogP contribution >= 0.6 is 0 Å². The van der Waals surface area contributed by atoms with Crippen LogP contribution in [0.1, 0.15) is 48.8 Å². The largest absolute Gasteiger partial charge is 0.336 e. The first-order chi connectivity index (χ1) is 20.0. The summed E-state index contributed by atoms with van der Waals surface area (Å²) in [6, 6.07) is 29.3. The SMILES string of the molecule is CCCC[C@H]1C(=O)N(CC(c2ccccc2)c2ccccc2)C[C@H]2N1C(=O)CN(C)N2C(=O)NCc1ccccc1. The first-order valence-corrected chi connectivity index (χ1v) is 14.5. The number of hydrazine groups is 1. The van der Waals surface area contributed by atoms with Crippen LogP contribution in [0.5, 0.6) is 0 Å². The van der Waals surface area contributed by atoms with E-state index in [4.69, 9.17) is 0 Å². The van der Waals surface area contributed by atoms with Gasteiger partial charge in [0.25, 0.3) is 0 Å². The van der Waals surface area contributed by atoms with Crippen LogP contribution in [0.2, 0.25) is 0 Å². The summed E-state index contributed by atoms with van der Waals surface area (Å²) in [5.74, 6) is -0.215. The van der Waals surface area contributed by atoms with Crippen LogP contribution in [0.25, 0.3) is 0 Å². The lowest BCUT2D eigenvalue weighted by atomic mass is 9.90. The predicted molar refractivity (Wildman–Crippen MR) is 158 cm³/mol. The Balaban J connectivity index is 1.46. The summed E-state index contributed by atoms with van der Waals surface area (Å²) in [6.07, 6.45) is 1.70. The molecule has 2 atom stereocenters. The molecular formula is C33H39N5O3. The van der Waals surface area contributed by atoms with Gasteiger partial charge in [0.15, 0.2) is 0 Å². The summed E-state index contributed by atoms with van der Waals surface area (Å²) in [6.45, 7) is 3.20. The maximum absolute atomic E-state index is 14.1. The fourth-order valence-corrected chi connectivity index (χ4v) is 5.99. The molecule has 2 fully saturated rings. The third kappa shape index (κ3) is 6.28. The summed E-state index contributed by atoms with van der Waals surface area (Å²) in [7, 11) is 1.76. The van der Waals surface area contributed by atoms with Gasteiger partial charge in [0.1, 0.15) is 12.2 Å². The number of fused-ring (bicyclic) bond motifs is 1. The van der Waals surface area contributed by atoms with E-state index >= 15 is 0 Å². The zero-order chi connectivity index (χ0) is 28.8. The summed E-state index contributed by atoms with van der Waals surface area (Å²) >= 11 is 0. The van der Waals surface area contributed by atoms with E-state index < -0.39 is 12.2 Å². The fourth-order valence-electron chi connectivity index (χ4n) is 5.99. The van der Waals surface area contributed by atoms with E-state index in [1.807, 2.05) is 71.6 Å². The Kier molecular flexibility index (Phi) is 8.99. The lowest BCUT2D eigenvalue weighted by molar-refractivity contribution is -0.187. The summed E-state index contributed by atoms with van der Waals surface area (Å²) in [5.41, 5.74) is 3.23. The van der Waals surface area contributed by atoms with Crippen molar-refractivity contribution in [3.05, 3.63) is 108 Å². The maximum Gasteiger partial charge on any atom is 0.334 e. The van der Waals surface area contributed by atoms with Crippen LogP contribution in [-0.2, 0) is 16.1 Å². The molecule has 0 saturated carbocycles. The van der Waals surface area contributed by atoms with Crippen LogP contribution in [0, 0.1) is 0 Å². The van der Waals surface area contributed by atoms with Gasteiger partial charge in [-0.3, -0.25) is 9.59 Å². The normalized spacial score (nSPS) is 19.4. The van der Waals surface area contributed by atoms with Gasteiger partial charge in [-0.05, 0) is 23.1 Å². The minimum Gasteiger partial charge on any atom is -0.336 e. The minimum atomic E-state index is -0.605. The van der Waals surface area contributed by atoms with Crippen molar-refractivity contribution < 1.29 is 14.4 Å². The molecule has 0 aliphatic carbocycles. The number of rotatable bonds is 9. The third-order valence-corrected chi connectivity index (χ3v) is 8.07. The van der Waals surface area contributed by atoms with Crippen molar-refractivity contribution >= 4 is 17.8 Å². The highest BCUT2D eigenvalue weighted by Crippen LogP contribution is 2.32. The van der Waals surface area contributed by atoms with Gasteiger partial charge in [0, 0.05) is 26.1 Å². The number of nitrogens with one attached hydrogen (secondary N) is 1. The Morgan fingerprint density at radius 3 is 2.07 bits per heavy atom. The molecule has 4 amide bonds. The van der Waals surface area contributed by atoms with Crippen LogP contribution < -0.4 is 5.32 Å². The van der Waals surface area contributed by atoms with Gasteiger partial charge in [-0.15, -0.1) is 0 Å². The van der Waals surface area contributed by atoms with Crippen molar-refractivity contribution in [3.8, 4) is 0 Å². The van der Waals surface area contributed by atoms with E-state index in [-0.39, 0.29) is 36.9 Å². The molecule has 2 saturated heterocycles. The minimum absolute atomic E-state index is 0.0435. The van der Waals surface area contributed by atoms with Crippen molar-refractivity contribution in [1.82, 2.24) is 25.1 Å². The lowest BCUT2D eigenvalue weighted by Crippen LogP contribution is -2.76. The summed E-state index contributed by atoms with van der Waals surface area (Å²) < 4.78 is 0. The molecule has 0 spiro atoms. The second-order valence-electron chi connectivity index (χ2n) is 10.9. The Hall–Kier alpha value is -4.17. The molecule has 0 unspecified atom stereocenters. The number of hydrogen-bond donors (Lipinski definition) is 1. The molecule has 2 aliphatic rings. The predicted octanol–water partition coefficient (Wildman–Crippen LogP) is 4.45. The Bertz CT molecular complexity index is 1280. The molecule has 8 heteroatoms. The van der Waals surface area contributed by atoms with Crippen molar-refractivity contribution in [2.24, 2.45) is 0 Å². The average molecular weight is 554 g/mol. The highest BCUT2D eigenvalue weighted by atomic mass is 16.2. The van der Waals surface area contributed by atoms with Gasteiger partial charge >= 0.3 is 6.03 Å². The van der Waals surface area contributed by atoms with Gasteiger partial charge in [-0.2, -0.15) is 0 Å². The molecular weight excluding hydrogens is 514 g/mol. The maximum atomic E-state index is 14.1. The highest BCUT2D eigenvalue weighted by Gasteiger charge is 2.50. The Morgan fingerprint density at radius 2 is 1.49 bits per heavy atom. The van der Waals surface area contributed by atoms with Gasteiger partial charge in [-0.25, -0.2) is 14.8 Å². The topological polar surface area (TPSA) is 76.2 Å². The number of piperazine rings is 1. The van der Waals surface area contributed by atoms with E-state index in [1.54, 1.807) is 22.0 Å². The molecule has 0 bridgehead atoms. The zero-order valence-corrected chi connectivity index (χ0v) is 23.9. The van der Waals surface area contributed by atoms with Gasteiger partial charge in [-0.1, -0.05) is 111 Å². The molecule has 3 aromatic rings. The molecule has 1 N–H and O–H groups in total. The number of nitrogens with zero attached hydrogens (tertiary/aromatic N) is 4. The Morgan fingerprint density at radius 1 is 0.902 bits per heavy atom. The standard InChI is InChI=1S/C33H39N5O3/c1-3-4-20-29-32(40)36(22-28(26-16-10-6-11-17-26)27-18-12-7-13-19-27)23-30-37(29)31(39)24-35(2)38(30)33(41)34-21-25-14-8-5-9-15-25/h5-19,28-30H,3-4,20-24H2,1-2H3,(H,34,41)/t29-,30-/m0/s1. The lowest BCUT2D eigenvalue weighted by Gasteiger charge is -2.54. The Labute approximate surface area is 242 Å². The molecule has 41 heavy (non-hydrogen) atoms. The number of carbonyl (C=O) groups excluding carboxylic acids is 3. The first-order valence-electron chi connectivity index (χ1n) is 14.5. The second-order valence-corrected chi connectivity index (χ2v) is 10.9. The molecule has 5 rings (SSSR count). The molecule has 2 heterocycles. The number of benzene rings is 3. The first kappa shape index (κ1) is 28.4. The van der Waals surface area contributed by atoms with E-state index in [1.165, 1.54) is 0 Å². The number of amides is 4. The van der Waals surface area contributed by atoms with Crippen molar-refractivity contribution in [3.63, 3.8) is 0 Å². The molecule has 214 valence electrons. The number of carbonyl (C=O) groups is 3. The van der Waals surface area contributed by atoms with Crippen LogP contribution in [0.3, 0.4) is 0 Å². The second kappa shape index (κ2) is 13.0. The molecule has 2 aliphatic heterocycles. The van der Waals surface area contributed by atoms with Crippen molar-refractivity contribution in [2.75, 3.05) is 26.7 Å². The quantitative estimate of drug-likeness (QED) is 0.425. The van der Waals surface area contributed by atoms with Crippen LogP contribution in [-0.4, -0.2) is 76.6 Å². The van der Waals surface area contributed by atoms with Crippen molar-refractivity contribution in [1.29, 1.82) is 0 Å². The third-order valence-electron chi connectivity index (χ3n) is 8.07. The zero-order valence-electron chi connectivity index (χ0n) is 23.9. The molecule has 0 aromatic heterocycles. The highest BCUT2D eigenvalue weighted by molar-refractivity contribution is 5.91. The van der Waals surface area contributed by atoms with E-state index in [2.05, 4.69) is 36.5 Å². The smallest absolute Gasteiger partial charge is 0.334 e. The number of unbranched alkanes of at least 4 members (excludes halogenated alkanes) is 1. The molecule has 8 nitrogen and oxygen atoms in total. The van der Waals surface area contributed by atoms with Gasteiger partial charge < -0.3 is 15.1 Å². The van der Waals surface area contributed by atoms with Gasteiger partial charge in [0.05, 0.1) is 13.1 Å². The van der Waals surface area contributed by atoms with Gasteiger partial charge in [0.2, 0.25) is 11.8 Å². The number of urea groups is 1. The number of hydrogen-bond acceptors (Lipinski definition) is 4. The average Bonchev–Trinajstić information content (AvgIpc) is 3.00. The van der Waals surface area contributed by atoms with Crippen LogP contribution in [0.4, 0.5) is 4.79 Å². The number of likely N-dealkylation sites (N-methyl/N-ethyl adjacent to an activating group) is 1. The summed E-state index contributed by atoms with van der Waals surface area (Å²) in [5, 5.41) is 6.34. The monoisotopic (exact) mass is 553 g/mol. The van der Waals surface area contributed by atoms with Crippen molar-refractivity contribution in [2.45, 2.75) is 50.9 Å². The fraction of sp³-hybridized carbons (Fsp3) is 0.364. The van der Waals surface area contributed by atoms with E-state index in [0.717, 1.165) is 29.5 Å². The molecule has 3 aromatic carbocycles. The summed E-state index contributed by atoms with van der Waals surface area (Å²) in [4.78, 5) is 44.7. The van der Waals surface area contributed by atoms with E-state index in [9.17, 15) is 14.4 Å². The molecule has 0 radical (unpaired) electrons.